The summed E-state index contributed by atoms with van der Waals surface area (Å²) >= 11 is 11.9. The summed E-state index contributed by atoms with van der Waals surface area (Å²) in [5.74, 6) is -0.391. The lowest BCUT2D eigenvalue weighted by Crippen LogP contribution is -2.12. The minimum Gasteiger partial charge on any atom is -0.398 e. The van der Waals surface area contributed by atoms with Crippen molar-refractivity contribution in [1.82, 2.24) is 0 Å². The Morgan fingerprint density at radius 1 is 1.14 bits per heavy atom. The smallest absolute Gasteiger partial charge is 0.248 e. The molecular formula is C14H12Cl2N2O2S. The fraction of sp³-hybridized carbons (Fsp3) is 0.0714. The SMILES string of the molecule is NC(=O)c1ccc(CS(=O)c2cc(Cl)ccc2Cl)c(N)c1. The molecule has 0 fully saturated rings. The van der Waals surface area contributed by atoms with Gasteiger partial charge in [-0.05, 0) is 35.9 Å². The van der Waals surface area contributed by atoms with Gasteiger partial charge in [-0.3, -0.25) is 9.00 Å². The molecule has 1 amide bonds. The lowest BCUT2D eigenvalue weighted by atomic mass is 10.1. The Kier molecular flexibility index (Phi) is 4.88. The minimum atomic E-state index is -1.40. The van der Waals surface area contributed by atoms with Gasteiger partial charge in [-0.1, -0.05) is 29.3 Å². The van der Waals surface area contributed by atoms with Gasteiger partial charge in [0.1, 0.15) is 0 Å². The fourth-order valence-corrected chi connectivity index (χ4v) is 3.61. The van der Waals surface area contributed by atoms with Crippen molar-refractivity contribution in [3.05, 3.63) is 57.6 Å². The second-order valence-corrected chi connectivity index (χ2v) is 6.61. The number of carbonyl (C=O) groups is 1. The van der Waals surface area contributed by atoms with E-state index in [-0.39, 0.29) is 5.75 Å². The molecule has 0 radical (unpaired) electrons. The Balaban J connectivity index is 2.27. The van der Waals surface area contributed by atoms with E-state index >= 15 is 0 Å². The number of anilines is 1. The van der Waals surface area contributed by atoms with Crippen molar-refractivity contribution < 1.29 is 9.00 Å². The third-order valence-electron chi connectivity index (χ3n) is 2.86. The number of nitrogens with two attached hydrogens (primary N) is 2. The zero-order chi connectivity index (χ0) is 15.6. The van der Waals surface area contributed by atoms with Crippen LogP contribution in [-0.2, 0) is 16.6 Å². The van der Waals surface area contributed by atoms with Crippen LogP contribution >= 0.6 is 23.2 Å². The monoisotopic (exact) mass is 342 g/mol. The first-order valence-corrected chi connectivity index (χ1v) is 7.97. The van der Waals surface area contributed by atoms with E-state index in [0.717, 1.165) is 0 Å². The molecule has 2 aromatic carbocycles. The van der Waals surface area contributed by atoms with Crippen LogP contribution in [0.2, 0.25) is 10.0 Å². The average molecular weight is 343 g/mol. The summed E-state index contributed by atoms with van der Waals surface area (Å²) in [7, 11) is -1.40. The van der Waals surface area contributed by atoms with Crippen LogP contribution in [0.15, 0.2) is 41.3 Å². The molecule has 2 aromatic rings. The van der Waals surface area contributed by atoms with Crippen LogP contribution in [0.25, 0.3) is 0 Å². The van der Waals surface area contributed by atoms with Crippen LogP contribution in [-0.4, -0.2) is 10.1 Å². The van der Waals surface area contributed by atoms with Crippen LogP contribution in [0.5, 0.6) is 0 Å². The molecule has 0 saturated heterocycles. The van der Waals surface area contributed by atoms with Gasteiger partial charge in [-0.2, -0.15) is 0 Å². The fourth-order valence-electron chi connectivity index (χ4n) is 1.75. The highest BCUT2D eigenvalue weighted by Gasteiger charge is 2.13. The molecule has 2 rings (SSSR count). The molecule has 4 N–H and O–H groups in total. The number of amides is 1. The van der Waals surface area contributed by atoms with Crippen molar-refractivity contribution in [3.63, 3.8) is 0 Å². The number of rotatable bonds is 4. The highest BCUT2D eigenvalue weighted by molar-refractivity contribution is 7.84. The molecule has 0 heterocycles. The quantitative estimate of drug-likeness (QED) is 0.837. The van der Waals surface area contributed by atoms with E-state index in [1.165, 1.54) is 6.07 Å². The molecule has 0 aliphatic rings. The van der Waals surface area contributed by atoms with Gasteiger partial charge in [-0.25, -0.2) is 0 Å². The Labute approximate surface area is 134 Å². The average Bonchev–Trinajstić information content (AvgIpc) is 2.43. The van der Waals surface area contributed by atoms with E-state index in [4.69, 9.17) is 34.7 Å². The summed E-state index contributed by atoms with van der Waals surface area (Å²) in [4.78, 5) is 11.5. The first-order valence-electron chi connectivity index (χ1n) is 5.90. The zero-order valence-electron chi connectivity index (χ0n) is 10.8. The molecule has 4 nitrogen and oxygen atoms in total. The number of benzene rings is 2. The van der Waals surface area contributed by atoms with Crippen molar-refractivity contribution in [1.29, 1.82) is 0 Å². The number of nitrogen functional groups attached to an aromatic ring is 1. The van der Waals surface area contributed by atoms with Crippen LogP contribution < -0.4 is 11.5 Å². The Morgan fingerprint density at radius 2 is 1.86 bits per heavy atom. The Hall–Kier alpha value is -1.56. The van der Waals surface area contributed by atoms with Crippen LogP contribution in [0.3, 0.4) is 0 Å². The highest BCUT2D eigenvalue weighted by atomic mass is 35.5. The van der Waals surface area contributed by atoms with Gasteiger partial charge in [0.25, 0.3) is 0 Å². The van der Waals surface area contributed by atoms with Gasteiger partial charge in [-0.15, -0.1) is 0 Å². The topological polar surface area (TPSA) is 86.2 Å². The van der Waals surface area contributed by atoms with Crippen molar-refractivity contribution in [2.24, 2.45) is 5.73 Å². The van der Waals surface area contributed by atoms with Crippen LogP contribution in [0, 0.1) is 0 Å². The maximum atomic E-state index is 12.4. The third-order valence-corrected chi connectivity index (χ3v) is 4.93. The van der Waals surface area contributed by atoms with Gasteiger partial charge in [0.15, 0.2) is 0 Å². The number of primary amides is 1. The summed E-state index contributed by atoms with van der Waals surface area (Å²) in [6.45, 7) is 0. The maximum Gasteiger partial charge on any atom is 0.248 e. The predicted octanol–water partition coefficient (Wildman–Crippen LogP) is 2.98. The second-order valence-electron chi connectivity index (χ2n) is 4.34. The van der Waals surface area contributed by atoms with Gasteiger partial charge >= 0.3 is 0 Å². The highest BCUT2D eigenvalue weighted by Crippen LogP contribution is 2.26. The minimum absolute atomic E-state index is 0.172. The molecule has 0 spiro atoms. The zero-order valence-corrected chi connectivity index (χ0v) is 13.1. The van der Waals surface area contributed by atoms with Crippen molar-refractivity contribution in [2.45, 2.75) is 10.6 Å². The first kappa shape index (κ1) is 15.8. The maximum absolute atomic E-state index is 12.4. The predicted molar refractivity (Wildman–Crippen MR) is 85.9 cm³/mol. The van der Waals surface area contributed by atoms with Gasteiger partial charge in [0.2, 0.25) is 5.91 Å². The summed E-state index contributed by atoms with van der Waals surface area (Å²) in [6, 6.07) is 9.43. The molecule has 0 aromatic heterocycles. The van der Waals surface area contributed by atoms with Crippen molar-refractivity contribution in [2.75, 3.05) is 5.73 Å². The largest absolute Gasteiger partial charge is 0.398 e. The first-order chi connectivity index (χ1) is 9.88. The summed E-state index contributed by atoms with van der Waals surface area (Å²) in [5, 5.41) is 0.838. The lowest BCUT2D eigenvalue weighted by molar-refractivity contribution is 0.100. The summed E-state index contributed by atoms with van der Waals surface area (Å²) in [5.41, 5.74) is 12.3. The number of hydrogen-bond acceptors (Lipinski definition) is 3. The molecule has 0 aliphatic carbocycles. The van der Waals surface area contributed by atoms with Crippen molar-refractivity contribution in [3.8, 4) is 0 Å². The van der Waals surface area contributed by atoms with Gasteiger partial charge < -0.3 is 11.5 Å². The molecule has 0 aliphatic heterocycles. The van der Waals surface area contributed by atoms with E-state index in [2.05, 4.69) is 0 Å². The van der Waals surface area contributed by atoms with E-state index in [1.54, 1.807) is 30.3 Å². The van der Waals surface area contributed by atoms with E-state index < -0.39 is 16.7 Å². The second kappa shape index (κ2) is 6.47. The van der Waals surface area contributed by atoms with E-state index in [9.17, 15) is 9.00 Å². The molecule has 1 atom stereocenters. The lowest BCUT2D eigenvalue weighted by Gasteiger charge is -2.08. The molecule has 21 heavy (non-hydrogen) atoms. The van der Waals surface area contributed by atoms with Crippen LogP contribution in [0.4, 0.5) is 5.69 Å². The molecule has 1 unspecified atom stereocenters. The summed E-state index contributed by atoms with van der Waals surface area (Å²) in [6.07, 6.45) is 0. The van der Waals surface area contributed by atoms with Crippen LogP contribution in [0.1, 0.15) is 15.9 Å². The normalized spacial score (nSPS) is 12.1. The molecule has 110 valence electrons. The van der Waals surface area contributed by atoms with Gasteiger partial charge in [0, 0.05) is 16.3 Å². The van der Waals surface area contributed by atoms with E-state index in [1.807, 2.05) is 0 Å². The molecule has 7 heteroatoms. The standard InChI is InChI=1S/C14H12Cl2N2O2S/c15-10-3-4-11(16)13(6-10)21(20)7-9-2-1-8(14(18)19)5-12(9)17/h1-6H,7,17H2,(H2,18,19). The van der Waals surface area contributed by atoms with Gasteiger partial charge in [0.05, 0.1) is 26.5 Å². The molecule has 0 saturated carbocycles. The number of halogens is 2. The molecular weight excluding hydrogens is 331 g/mol. The third kappa shape index (κ3) is 3.75. The summed E-state index contributed by atoms with van der Waals surface area (Å²) < 4.78 is 12.4. The number of carbonyl (C=O) groups excluding carboxylic acids is 1. The van der Waals surface area contributed by atoms with E-state index in [0.29, 0.717) is 31.8 Å². The number of hydrogen-bond donors (Lipinski definition) is 2. The Bertz CT molecular complexity index is 735. The molecule has 0 bridgehead atoms. The van der Waals surface area contributed by atoms with Crippen molar-refractivity contribution >= 4 is 45.6 Å². The Morgan fingerprint density at radius 3 is 2.48 bits per heavy atom.